The van der Waals surface area contributed by atoms with Crippen LogP contribution in [0.15, 0.2) is 30.5 Å². The lowest BCUT2D eigenvalue weighted by molar-refractivity contribution is -0.127. The van der Waals surface area contributed by atoms with Crippen LogP contribution in [-0.4, -0.2) is 43.8 Å². The Kier molecular flexibility index (Phi) is 4.07. The fourth-order valence-corrected chi connectivity index (χ4v) is 3.89. The minimum absolute atomic E-state index is 0.0918. The van der Waals surface area contributed by atoms with Gasteiger partial charge in [0, 0.05) is 48.2 Å². The standard InChI is InChI=1S/C19H19ClN4O2/c1-11-7-13(20)9-16(25)18(11)15-8-12-5-6-24(19(12)22-21-15)10-14-3-4-17(26)23(14)2/h5-9,14,25H,3-4,10H2,1-2H3. The smallest absolute Gasteiger partial charge is 0.222 e. The van der Waals surface area contributed by atoms with Crippen LogP contribution in [-0.2, 0) is 11.3 Å². The number of likely N-dealkylation sites (tertiary alicyclic amines) is 1. The average molecular weight is 371 g/mol. The molecule has 1 N–H and O–H groups in total. The number of nitrogens with zero attached hydrogens (tertiary/aromatic N) is 4. The lowest BCUT2D eigenvalue weighted by Crippen LogP contribution is -2.32. The summed E-state index contributed by atoms with van der Waals surface area (Å²) in [5.74, 6) is 0.280. The number of likely N-dealkylation sites (N-methyl/N-ethyl adjacent to an activating group) is 1. The molecule has 1 aliphatic heterocycles. The fourth-order valence-electron chi connectivity index (χ4n) is 3.62. The van der Waals surface area contributed by atoms with Gasteiger partial charge in [0.15, 0.2) is 5.65 Å². The number of amides is 1. The van der Waals surface area contributed by atoms with E-state index in [1.807, 2.05) is 41.8 Å². The number of rotatable bonds is 3. The Labute approximate surface area is 156 Å². The van der Waals surface area contributed by atoms with Gasteiger partial charge >= 0.3 is 0 Å². The number of phenolic OH excluding ortho intramolecular Hbond substituents is 1. The van der Waals surface area contributed by atoms with Crippen molar-refractivity contribution in [2.24, 2.45) is 0 Å². The molecule has 2 aromatic heterocycles. The van der Waals surface area contributed by atoms with Gasteiger partial charge in [-0.15, -0.1) is 10.2 Å². The number of carbonyl (C=O) groups excluding carboxylic acids is 1. The molecule has 1 fully saturated rings. The lowest BCUT2D eigenvalue weighted by atomic mass is 10.0. The Hall–Kier alpha value is -2.60. The van der Waals surface area contributed by atoms with Crippen LogP contribution in [0.5, 0.6) is 5.75 Å². The zero-order valence-corrected chi connectivity index (χ0v) is 15.4. The number of fused-ring (bicyclic) bond motifs is 1. The second kappa shape index (κ2) is 6.29. The predicted octanol–water partition coefficient (Wildman–Crippen LogP) is 3.39. The lowest BCUT2D eigenvalue weighted by Gasteiger charge is -2.20. The van der Waals surface area contributed by atoms with Gasteiger partial charge in [-0.05, 0) is 43.2 Å². The number of hydrogen-bond acceptors (Lipinski definition) is 4. The van der Waals surface area contributed by atoms with Gasteiger partial charge in [-0.2, -0.15) is 0 Å². The Morgan fingerprint density at radius 1 is 1.31 bits per heavy atom. The van der Waals surface area contributed by atoms with Crippen molar-refractivity contribution in [2.75, 3.05) is 7.05 Å². The minimum Gasteiger partial charge on any atom is -0.507 e. The number of aromatic nitrogens is 3. The third-order valence-corrected chi connectivity index (χ3v) is 5.30. The van der Waals surface area contributed by atoms with Crippen molar-refractivity contribution >= 4 is 28.5 Å². The summed E-state index contributed by atoms with van der Waals surface area (Å²) >= 11 is 5.98. The maximum absolute atomic E-state index is 11.7. The Morgan fingerprint density at radius 3 is 2.81 bits per heavy atom. The molecule has 1 amide bonds. The van der Waals surface area contributed by atoms with Crippen LogP contribution in [0.1, 0.15) is 18.4 Å². The van der Waals surface area contributed by atoms with E-state index in [4.69, 9.17) is 11.6 Å². The maximum Gasteiger partial charge on any atom is 0.222 e. The fraction of sp³-hybridized carbons (Fsp3) is 0.316. The van der Waals surface area contributed by atoms with Crippen LogP contribution in [0.2, 0.25) is 5.02 Å². The van der Waals surface area contributed by atoms with E-state index in [1.54, 1.807) is 6.07 Å². The second-order valence-electron chi connectivity index (χ2n) is 6.79. The van der Waals surface area contributed by atoms with Crippen LogP contribution in [0.3, 0.4) is 0 Å². The number of aromatic hydroxyl groups is 1. The minimum atomic E-state index is 0.0918. The van der Waals surface area contributed by atoms with Gasteiger partial charge in [0.25, 0.3) is 0 Å². The number of aryl methyl sites for hydroxylation is 1. The van der Waals surface area contributed by atoms with E-state index in [2.05, 4.69) is 10.2 Å². The summed E-state index contributed by atoms with van der Waals surface area (Å²) in [5.41, 5.74) is 2.86. The molecule has 1 aliphatic rings. The average Bonchev–Trinajstić information content (AvgIpc) is 3.12. The topological polar surface area (TPSA) is 71.2 Å². The molecule has 4 rings (SSSR count). The van der Waals surface area contributed by atoms with Gasteiger partial charge in [0.1, 0.15) is 5.75 Å². The molecule has 1 unspecified atom stereocenters. The largest absolute Gasteiger partial charge is 0.507 e. The van der Waals surface area contributed by atoms with E-state index < -0.39 is 0 Å². The first-order chi connectivity index (χ1) is 12.4. The number of phenols is 1. The summed E-state index contributed by atoms with van der Waals surface area (Å²) in [7, 11) is 1.85. The van der Waals surface area contributed by atoms with Gasteiger partial charge in [-0.1, -0.05) is 11.6 Å². The summed E-state index contributed by atoms with van der Waals surface area (Å²) in [6, 6.07) is 7.38. The molecule has 7 heteroatoms. The SMILES string of the molecule is Cc1cc(Cl)cc(O)c1-c1cc2ccn(CC3CCC(=O)N3C)c2nn1. The molecule has 3 aromatic rings. The molecule has 0 saturated carbocycles. The van der Waals surface area contributed by atoms with Crippen LogP contribution in [0.25, 0.3) is 22.3 Å². The third kappa shape index (κ3) is 2.80. The summed E-state index contributed by atoms with van der Waals surface area (Å²) < 4.78 is 2.03. The third-order valence-electron chi connectivity index (χ3n) is 5.08. The molecule has 3 heterocycles. The highest BCUT2D eigenvalue weighted by atomic mass is 35.5. The Bertz CT molecular complexity index is 991. The molecule has 1 atom stereocenters. The number of carbonyl (C=O) groups is 1. The zero-order valence-electron chi connectivity index (χ0n) is 14.6. The van der Waals surface area contributed by atoms with Gasteiger partial charge in [0.2, 0.25) is 5.91 Å². The van der Waals surface area contributed by atoms with E-state index in [0.29, 0.717) is 29.2 Å². The van der Waals surface area contributed by atoms with Crippen LogP contribution in [0, 0.1) is 6.92 Å². The molecular weight excluding hydrogens is 352 g/mol. The highest BCUT2D eigenvalue weighted by molar-refractivity contribution is 6.31. The van der Waals surface area contributed by atoms with Crippen molar-refractivity contribution in [1.29, 1.82) is 0 Å². The summed E-state index contributed by atoms with van der Waals surface area (Å²) in [6.45, 7) is 2.58. The molecule has 26 heavy (non-hydrogen) atoms. The van der Waals surface area contributed by atoms with Crippen molar-refractivity contribution in [3.8, 4) is 17.0 Å². The normalized spacial score (nSPS) is 17.4. The molecule has 0 spiro atoms. The summed E-state index contributed by atoms with van der Waals surface area (Å²) in [5, 5.41) is 20.4. The first-order valence-electron chi connectivity index (χ1n) is 8.52. The van der Waals surface area contributed by atoms with E-state index in [1.165, 1.54) is 6.07 Å². The van der Waals surface area contributed by atoms with Crippen LogP contribution >= 0.6 is 11.6 Å². The highest BCUT2D eigenvalue weighted by Gasteiger charge is 2.28. The van der Waals surface area contributed by atoms with Crippen molar-refractivity contribution in [1.82, 2.24) is 19.7 Å². The Balaban J connectivity index is 1.69. The van der Waals surface area contributed by atoms with Gasteiger partial charge in [0.05, 0.1) is 5.69 Å². The van der Waals surface area contributed by atoms with Gasteiger partial charge in [-0.3, -0.25) is 4.79 Å². The molecule has 1 saturated heterocycles. The molecular formula is C19H19ClN4O2. The van der Waals surface area contributed by atoms with E-state index in [9.17, 15) is 9.90 Å². The van der Waals surface area contributed by atoms with Crippen molar-refractivity contribution in [3.05, 3.63) is 41.0 Å². The number of hydrogen-bond donors (Lipinski definition) is 1. The molecule has 0 radical (unpaired) electrons. The summed E-state index contributed by atoms with van der Waals surface area (Å²) in [6.07, 6.45) is 3.43. The van der Waals surface area contributed by atoms with E-state index in [-0.39, 0.29) is 17.7 Å². The molecule has 6 nitrogen and oxygen atoms in total. The monoisotopic (exact) mass is 370 g/mol. The zero-order chi connectivity index (χ0) is 18.4. The molecule has 0 aliphatic carbocycles. The number of halogens is 1. The first-order valence-corrected chi connectivity index (χ1v) is 8.89. The van der Waals surface area contributed by atoms with E-state index in [0.717, 1.165) is 23.0 Å². The second-order valence-corrected chi connectivity index (χ2v) is 7.23. The summed E-state index contributed by atoms with van der Waals surface area (Å²) in [4.78, 5) is 13.5. The van der Waals surface area contributed by atoms with Gasteiger partial charge in [-0.25, -0.2) is 0 Å². The van der Waals surface area contributed by atoms with Crippen molar-refractivity contribution in [2.45, 2.75) is 32.4 Å². The van der Waals surface area contributed by atoms with E-state index >= 15 is 0 Å². The van der Waals surface area contributed by atoms with Crippen molar-refractivity contribution in [3.63, 3.8) is 0 Å². The molecule has 1 aromatic carbocycles. The highest BCUT2D eigenvalue weighted by Crippen LogP contribution is 2.34. The first kappa shape index (κ1) is 16.8. The number of benzene rings is 1. The van der Waals surface area contributed by atoms with Crippen LogP contribution in [0.4, 0.5) is 0 Å². The maximum atomic E-state index is 11.7. The quantitative estimate of drug-likeness (QED) is 0.767. The Morgan fingerprint density at radius 2 is 2.12 bits per heavy atom. The van der Waals surface area contributed by atoms with Gasteiger partial charge < -0.3 is 14.6 Å². The van der Waals surface area contributed by atoms with Crippen molar-refractivity contribution < 1.29 is 9.90 Å². The van der Waals surface area contributed by atoms with Crippen LogP contribution < -0.4 is 0 Å². The molecule has 0 bridgehead atoms. The predicted molar refractivity (Wildman–Crippen MR) is 100 cm³/mol. The molecule has 134 valence electrons.